The van der Waals surface area contributed by atoms with E-state index in [4.69, 9.17) is 0 Å². The van der Waals surface area contributed by atoms with Crippen LogP contribution in [0.2, 0.25) is 0 Å². The van der Waals surface area contributed by atoms with Crippen LogP contribution in [0.4, 0.5) is 5.69 Å². The topological polar surface area (TPSA) is 12.0 Å². The highest BCUT2D eigenvalue weighted by Crippen LogP contribution is 2.27. The van der Waals surface area contributed by atoms with Crippen molar-refractivity contribution < 1.29 is 0 Å². The van der Waals surface area contributed by atoms with Gasteiger partial charge in [0.05, 0.1) is 0 Å². The summed E-state index contributed by atoms with van der Waals surface area (Å²) in [6.07, 6.45) is 0. The Hall–Kier alpha value is -1.84. The van der Waals surface area contributed by atoms with Gasteiger partial charge in [-0.1, -0.05) is 18.2 Å². The number of anilines is 1. The fourth-order valence-electron chi connectivity index (χ4n) is 2.44. The molecule has 2 heterocycles. The fraction of sp³-hybridized carbons (Fsp3) is 0.0588. The van der Waals surface area contributed by atoms with Crippen molar-refractivity contribution in [3.05, 3.63) is 64.9 Å². The molecule has 0 unspecified atom stereocenters. The van der Waals surface area contributed by atoms with Gasteiger partial charge in [-0.05, 0) is 57.4 Å². The summed E-state index contributed by atoms with van der Waals surface area (Å²) in [5.41, 5.74) is 2.56. The van der Waals surface area contributed by atoms with Gasteiger partial charge in [-0.3, -0.25) is 0 Å². The largest absolute Gasteiger partial charge is 0.381 e. The van der Waals surface area contributed by atoms with E-state index in [1.165, 1.54) is 31.4 Å². The van der Waals surface area contributed by atoms with Crippen molar-refractivity contribution >= 4 is 48.5 Å². The second-order valence-corrected chi connectivity index (χ2v) is 6.64. The predicted molar refractivity (Wildman–Crippen MR) is 91.0 cm³/mol. The van der Waals surface area contributed by atoms with Gasteiger partial charge in [0, 0.05) is 21.6 Å². The molecular formula is C17H13NS2. The summed E-state index contributed by atoms with van der Waals surface area (Å²) in [5, 5.41) is 10.6. The van der Waals surface area contributed by atoms with E-state index in [-0.39, 0.29) is 0 Å². The molecule has 0 aliphatic heterocycles. The van der Waals surface area contributed by atoms with Crippen molar-refractivity contribution in [3.63, 3.8) is 0 Å². The van der Waals surface area contributed by atoms with Crippen LogP contribution in [-0.2, 0) is 6.54 Å². The summed E-state index contributed by atoms with van der Waals surface area (Å²) in [6.45, 7) is 0.875. The maximum Gasteiger partial charge on any atom is 0.0415 e. The molecule has 4 rings (SSSR count). The molecule has 0 bridgehead atoms. The summed E-state index contributed by atoms with van der Waals surface area (Å²) in [7, 11) is 0. The summed E-state index contributed by atoms with van der Waals surface area (Å²) in [5.74, 6) is 0. The zero-order valence-corrected chi connectivity index (χ0v) is 12.4. The Morgan fingerprint density at radius 2 is 1.85 bits per heavy atom. The van der Waals surface area contributed by atoms with Crippen molar-refractivity contribution in [2.75, 3.05) is 5.32 Å². The monoisotopic (exact) mass is 295 g/mol. The summed E-state index contributed by atoms with van der Waals surface area (Å²) in [4.78, 5) is 0. The molecule has 0 atom stereocenters. The molecule has 0 fully saturated rings. The van der Waals surface area contributed by atoms with Crippen LogP contribution in [0.25, 0.3) is 20.2 Å². The summed E-state index contributed by atoms with van der Waals surface area (Å²) >= 11 is 3.60. The summed E-state index contributed by atoms with van der Waals surface area (Å²) in [6, 6.07) is 17.3. The Balaban J connectivity index is 1.60. The molecule has 0 amide bonds. The van der Waals surface area contributed by atoms with Gasteiger partial charge in [0.15, 0.2) is 0 Å². The van der Waals surface area contributed by atoms with E-state index in [1.54, 1.807) is 11.3 Å². The average Bonchev–Trinajstić information content (AvgIpc) is 3.11. The molecule has 0 aliphatic rings. The third-order valence-corrected chi connectivity index (χ3v) is 5.41. The van der Waals surface area contributed by atoms with Gasteiger partial charge in [-0.25, -0.2) is 0 Å². The first-order valence-electron chi connectivity index (χ1n) is 6.56. The lowest BCUT2D eigenvalue weighted by Crippen LogP contribution is -1.98. The highest BCUT2D eigenvalue weighted by atomic mass is 32.1. The second kappa shape index (κ2) is 4.93. The first-order chi connectivity index (χ1) is 9.90. The van der Waals surface area contributed by atoms with Crippen LogP contribution in [0.3, 0.4) is 0 Å². The number of hydrogen-bond donors (Lipinski definition) is 1. The smallest absolute Gasteiger partial charge is 0.0415 e. The van der Waals surface area contributed by atoms with Crippen LogP contribution in [0, 0.1) is 0 Å². The van der Waals surface area contributed by atoms with Crippen LogP contribution in [0.1, 0.15) is 5.56 Å². The van der Waals surface area contributed by atoms with E-state index in [2.05, 4.69) is 64.6 Å². The van der Waals surface area contributed by atoms with Gasteiger partial charge in [-0.2, -0.15) is 0 Å². The zero-order valence-electron chi connectivity index (χ0n) is 10.8. The molecule has 20 heavy (non-hydrogen) atoms. The van der Waals surface area contributed by atoms with Crippen molar-refractivity contribution in [2.24, 2.45) is 0 Å². The molecule has 0 saturated carbocycles. The highest BCUT2D eigenvalue weighted by molar-refractivity contribution is 7.17. The van der Waals surface area contributed by atoms with Gasteiger partial charge >= 0.3 is 0 Å². The van der Waals surface area contributed by atoms with Crippen LogP contribution in [-0.4, -0.2) is 0 Å². The minimum absolute atomic E-state index is 0.875. The van der Waals surface area contributed by atoms with Crippen LogP contribution < -0.4 is 5.32 Å². The van der Waals surface area contributed by atoms with E-state index in [0.717, 1.165) is 6.54 Å². The lowest BCUT2D eigenvalue weighted by Gasteiger charge is -2.06. The minimum Gasteiger partial charge on any atom is -0.381 e. The minimum atomic E-state index is 0.875. The quantitative estimate of drug-likeness (QED) is 0.509. The van der Waals surface area contributed by atoms with E-state index < -0.39 is 0 Å². The van der Waals surface area contributed by atoms with Crippen LogP contribution >= 0.6 is 22.7 Å². The first kappa shape index (κ1) is 11.9. The van der Waals surface area contributed by atoms with Crippen molar-refractivity contribution in [3.8, 4) is 0 Å². The molecule has 2 aromatic carbocycles. The molecular weight excluding hydrogens is 282 g/mol. The van der Waals surface area contributed by atoms with Crippen molar-refractivity contribution in [1.82, 2.24) is 0 Å². The third kappa shape index (κ3) is 2.09. The normalized spacial score (nSPS) is 11.2. The maximum atomic E-state index is 3.53. The third-order valence-electron chi connectivity index (χ3n) is 3.50. The van der Waals surface area contributed by atoms with Gasteiger partial charge in [0.2, 0.25) is 0 Å². The molecule has 2 aromatic heterocycles. The molecule has 3 heteroatoms. The molecule has 0 radical (unpaired) electrons. The molecule has 0 saturated heterocycles. The van der Waals surface area contributed by atoms with E-state index in [0.29, 0.717) is 0 Å². The molecule has 0 aliphatic carbocycles. The van der Waals surface area contributed by atoms with Gasteiger partial charge in [0.25, 0.3) is 0 Å². The summed E-state index contributed by atoms with van der Waals surface area (Å²) < 4.78 is 2.70. The number of hydrogen-bond acceptors (Lipinski definition) is 3. The molecule has 1 nitrogen and oxygen atoms in total. The van der Waals surface area contributed by atoms with Gasteiger partial charge in [-0.15, -0.1) is 22.7 Å². The van der Waals surface area contributed by atoms with Crippen molar-refractivity contribution in [2.45, 2.75) is 6.54 Å². The van der Waals surface area contributed by atoms with Gasteiger partial charge < -0.3 is 5.32 Å². The Kier molecular flexibility index (Phi) is 2.94. The number of fused-ring (bicyclic) bond motifs is 2. The lowest BCUT2D eigenvalue weighted by molar-refractivity contribution is 1.18. The van der Waals surface area contributed by atoms with Crippen LogP contribution in [0.15, 0.2) is 59.3 Å². The predicted octanol–water partition coefficient (Wildman–Crippen LogP) is 5.73. The number of rotatable bonds is 3. The second-order valence-electron chi connectivity index (χ2n) is 4.78. The maximum absolute atomic E-state index is 3.53. The molecule has 0 spiro atoms. The Morgan fingerprint density at radius 1 is 0.900 bits per heavy atom. The van der Waals surface area contributed by atoms with Gasteiger partial charge in [0.1, 0.15) is 0 Å². The molecule has 1 N–H and O–H groups in total. The Bertz CT molecular complexity index is 873. The zero-order chi connectivity index (χ0) is 13.4. The number of benzene rings is 2. The molecule has 98 valence electrons. The Labute approximate surface area is 125 Å². The van der Waals surface area contributed by atoms with Crippen molar-refractivity contribution in [1.29, 1.82) is 0 Å². The number of nitrogens with one attached hydrogen (secondary N) is 1. The molecule has 4 aromatic rings. The average molecular weight is 295 g/mol. The van der Waals surface area contributed by atoms with E-state index >= 15 is 0 Å². The number of thiophene rings is 2. The highest BCUT2D eigenvalue weighted by Gasteiger charge is 2.03. The standard InChI is InChI=1S/C17H13NS2/c1-2-4-17-15(3-1)13(11-20-17)10-18-14-5-6-16-12(9-14)7-8-19-16/h1-9,11,18H,10H2. The first-order valence-corrected chi connectivity index (χ1v) is 8.32. The SMILES string of the molecule is c1ccc2c(CNc3ccc4sccc4c3)csc2c1. The fourth-order valence-corrected chi connectivity index (χ4v) is 4.18. The van der Waals surface area contributed by atoms with E-state index in [1.807, 2.05) is 11.3 Å². The lowest BCUT2D eigenvalue weighted by atomic mass is 10.1. The Morgan fingerprint density at radius 3 is 2.85 bits per heavy atom. The van der Waals surface area contributed by atoms with E-state index in [9.17, 15) is 0 Å². The van der Waals surface area contributed by atoms with Crippen LogP contribution in [0.5, 0.6) is 0 Å².